The van der Waals surface area contributed by atoms with Crippen molar-refractivity contribution in [1.82, 2.24) is 14.5 Å². The molecule has 1 amide bonds. The van der Waals surface area contributed by atoms with Gasteiger partial charge in [0.2, 0.25) is 5.91 Å². The lowest BCUT2D eigenvalue weighted by molar-refractivity contribution is -0.149. The maximum Gasteiger partial charge on any atom is 0.327 e. The molecule has 1 N–H and O–H groups in total. The van der Waals surface area contributed by atoms with Crippen molar-refractivity contribution in [3.05, 3.63) is 18.7 Å². The Bertz CT molecular complexity index is 478. The first-order chi connectivity index (χ1) is 10.1. The molecule has 7 heteroatoms. The van der Waals surface area contributed by atoms with Gasteiger partial charge < -0.3 is 14.6 Å². The van der Waals surface area contributed by atoms with Gasteiger partial charge in [0.15, 0.2) is 0 Å². The zero-order valence-corrected chi connectivity index (χ0v) is 13.0. The second-order valence-corrected chi connectivity index (χ2v) is 6.32. The van der Waals surface area contributed by atoms with E-state index >= 15 is 0 Å². The van der Waals surface area contributed by atoms with Gasteiger partial charge in [-0.3, -0.25) is 4.79 Å². The number of carbonyl (C=O) groups excluding carboxylic acids is 1. The summed E-state index contributed by atoms with van der Waals surface area (Å²) in [6.45, 7) is 2.59. The maximum absolute atomic E-state index is 12.5. The highest BCUT2D eigenvalue weighted by atomic mass is 32.2. The van der Waals surface area contributed by atoms with Crippen molar-refractivity contribution in [2.24, 2.45) is 0 Å². The predicted molar refractivity (Wildman–Crippen MR) is 81.3 cm³/mol. The number of hydrogen-bond acceptors (Lipinski definition) is 4. The van der Waals surface area contributed by atoms with Crippen LogP contribution >= 0.6 is 11.8 Å². The van der Waals surface area contributed by atoms with Gasteiger partial charge >= 0.3 is 5.97 Å². The van der Waals surface area contributed by atoms with Crippen molar-refractivity contribution < 1.29 is 14.7 Å². The van der Waals surface area contributed by atoms with Crippen molar-refractivity contribution in [3.63, 3.8) is 0 Å². The highest BCUT2D eigenvalue weighted by Gasteiger charge is 2.33. The minimum atomic E-state index is -0.912. The minimum absolute atomic E-state index is 0.0500. The lowest BCUT2D eigenvalue weighted by atomic mass is 10.1. The first-order valence-corrected chi connectivity index (χ1v) is 8.36. The smallest absolute Gasteiger partial charge is 0.327 e. The molecule has 1 aromatic rings. The number of thioether (sulfide) groups is 1. The normalized spacial score (nSPS) is 20.2. The fraction of sp³-hybridized carbons (Fsp3) is 0.643. The van der Waals surface area contributed by atoms with Crippen molar-refractivity contribution >= 4 is 23.6 Å². The zero-order valence-electron chi connectivity index (χ0n) is 12.1. The number of amides is 1. The molecule has 0 bridgehead atoms. The molecule has 2 atom stereocenters. The second-order valence-electron chi connectivity index (χ2n) is 5.17. The summed E-state index contributed by atoms with van der Waals surface area (Å²) >= 11 is 1.59. The molecule has 0 radical (unpaired) electrons. The average Bonchev–Trinajstić information content (AvgIpc) is 3.00. The standard InChI is InChI=1S/C14H21N3O3S/c1-2-3-11(16-5-4-15-10-16)8-13(18)17-6-7-21-9-12(17)14(19)20/h4-5,10-12H,2-3,6-9H2,1H3,(H,19,20). The number of nitrogens with zero attached hydrogens (tertiary/aromatic N) is 3. The highest BCUT2D eigenvalue weighted by Crippen LogP contribution is 2.23. The largest absolute Gasteiger partial charge is 0.480 e. The first kappa shape index (κ1) is 15.9. The monoisotopic (exact) mass is 311 g/mol. The van der Waals surface area contributed by atoms with Gasteiger partial charge in [-0.1, -0.05) is 13.3 Å². The van der Waals surface area contributed by atoms with Gasteiger partial charge in [0, 0.05) is 42.9 Å². The van der Waals surface area contributed by atoms with Gasteiger partial charge in [-0.15, -0.1) is 0 Å². The summed E-state index contributed by atoms with van der Waals surface area (Å²) in [4.78, 5) is 29.4. The molecule has 2 rings (SSSR count). The number of hydrogen-bond donors (Lipinski definition) is 1. The van der Waals surface area contributed by atoms with Crippen LogP contribution < -0.4 is 0 Å². The van der Waals surface area contributed by atoms with Crippen molar-refractivity contribution in [1.29, 1.82) is 0 Å². The summed E-state index contributed by atoms with van der Waals surface area (Å²) in [7, 11) is 0. The third-order valence-corrected chi connectivity index (χ3v) is 4.74. The summed E-state index contributed by atoms with van der Waals surface area (Å²) in [5.41, 5.74) is 0. The molecule has 0 aliphatic carbocycles. The summed E-state index contributed by atoms with van der Waals surface area (Å²) in [6, 6.07) is -0.643. The van der Waals surface area contributed by atoms with Gasteiger partial charge in [-0.05, 0) is 6.42 Å². The molecule has 1 aliphatic heterocycles. The summed E-state index contributed by atoms with van der Waals surface area (Å²) in [5, 5.41) is 9.26. The molecule has 1 aliphatic rings. The van der Waals surface area contributed by atoms with Crippen molar-refractivity contribution in [3.8, 4) is 0 Å². The predicted octanol–water partition coefficient (Wildman–Crippen LogP) is 1.64. The van der Waals surface area contributed by atoms with E-state index in [1.54, 1.807) is 24.3 Å². The molecule has 116 valence electrons. The lowest BCUT2D eigenvalue weighted by Crippen LogP contribution is -2.50. The van der Waals surface area contributed by atoms with E-state index in [0.29, 0.717) is 18.7 Å². The molecule has 6 nitrogen and oxygen atoms in total. The molecule has 1 saturated heterocycles. The number of aliphatic carboxylic acids is 1. The first-order valence-electron chi connectivity index (χ1n) is 7.21. The van der Waals surface area contributed by atoms with E-state index in [2.05, 4.69) is 11.9 Å². The maximum atomic E-state index is 12.5. The molecule has 0 spiro atoms. The fourth-order valence-electron chi connectivity index (χ4n) is 2.60. The number of carbonyl (C=O) groups is 2. The molecule has 0 aromatic carbocycles. The van der Waals surface area contributed by atoms with E-state index in [0.717, 1.165) is 18.6 Å². The summed E-state index contributed by atoms with van der Waals surface area (Å²) < 4.78 is 1.94. The Morgan fingerprint density at radius 2 is 2.33 bits per heavy atom. The van der Waals surface area contributed by atoms with Crippen LogP contribution in [0, 0.1) is 0 Å². The third kappa shape index (κ3) is 4.00. The van der Waals surface area contributed by atoms with Crippen LogP contribution in [0.4, 0.5) is 0 Å². The summed E-state index contributed by atoms with van der Waals surface area (Å²) in [6.07, 6.45) is 7.45. The number of carboxylic acid groups (broad SMARTS) is 1. The van der Waals surface area contributed by atoms with E-state index in [1.165, 1.54) is 4.90 Å². The molecular weight excluding hydrogens is 290 g/mol. The molecule has 0 saturated carbocycles. The van der Waals surface area contributed by atoms with Gasteiger partial charge in [-0.25, -0.2) is 9.78 Å². The van der Waals surface area contributed by atoms with E-state index in [-0.39, 0.29) is 11.9 Å². The highest BCUT2D eigenvalue weighted by molar-refractivity contribution is 7.99. The number of rotatable bonds is 6. The van der Waals surface area contributed by atoms with Crippen LogP contribution in [0.1, 0.15) is 32.2 Å². The topological polar surface area (TPSA) is 75.4 Å². The third-order valence-electron chi connectivity index (χ3n) is 3.71. The zero-order chi connectivity index (χ0) is 15.2. The SMILES string of the molecule is CCCC(CC(=O)N1CCSCC1C(=O)O)n1ccnc1. The fourth-order valence-corrected chi connectivity index (χ4v) is 3.64. The van der Waals surface area contributed by atoms with Crippen LogP contribution in [0.3, 0.4) is 0 Å². The lowest BCUT2D eigenvalue weighted by Gasteiger charge is -2.33. The quantitative estimate of drug-likeness (QED) is 0.864. The van der Waals surface area contributed by atoms with Crippen LogP contribution in [0.5, 0.6) is 0 Å². The molecular formula is C14H21N3O3S. The molecule has 21 heavy (non-hydrogen) atoms. The Balaban J connectivity index is 2.05. The molecule has 1 aromatic heterocycles. The number of imidazole rings is 1. The van der Waals surface area contributed by atoms with Gasteiger partial charge in [0.05, 0.1) is 6.33 Å². The number of aromatic nitrogens is 2. The van der Waals surface area contributed by atoms with E-state index in [9.17, 15) is 14.7 Å². The Morgan fingerprint density at radius 3 is 2.95 bits per heavy atom. The average molecular weight is 311 g/mol. The van der Waals surface area contributed by atoms with Crippen LogP contribution in [0.25, 0.3) is 0 Å². The van der Waals surface area contributed by atoms with Crippen LogP contribution in [-0.4, -0.2) is 55.5 Å². The van der Waals surface area contributed by atoms with Crippen molar-refractivity contribution in [2.45, 2.75) is 38.3 Å². The number of carboxylic acids is 1. The van der Waals surface area contributed by atoms with Gasteiger partial charge in [-0.2, -0.15) is 11.8 Å². The Kier molecular flexibility index (Phi) is 5.67. The van der Waals surface area contributed by atoms with Crippen LogP contribution in [-0.2, 0) is 9.59 Å². The van der Waals surface area contributed by atoms with E-state index in [4.69, 9.17) is 0 Å². The Morgan fingerprint density at radius 1 is 1.52 bits per heavy atom. The Labute approximate surface area is 128 Å². The van der Waals surface area contributed by atoms with E-state index in [1.807, 2.05) is 10.8 Å². The van der Waals surface area contributed by atoms with Crippen LogP contribution in [0.2, 0.25) is 0 Å². The second kappa shape index (κ2) is 7.49. The Hall–Kier alpha value is -1.50. The summed E-state index contributed by atoms with van der Waals surface area (Å²) in [5.74, 6) is 0.295. The van der Waals surface area contributed by atoms with Crippen LogP contribution in [0.15, 0.2) is 18.7 Å². The van der Waals surface area contributed by atoms with Gasteiger partial charge in [0.25, 0.3) is 0 Å². The van der Waals surface area contributed by atoms with E-state index < -0.39 is 12.0 Å². The van der Waals surface area contributed by atoms with Crippen molar-refractivity contribution in [2.75, 3.05) is 18.1 Å². The molecule has 2 heterocycles. The van der Waals surface area contributed by atoms with Gasteiger partial charge in [0.1, 0.15) is 6.04 Å². The minimum Gasteiger partial charge on any atom is -0.480 e. The molecule has 2 unspecified atom stereocenters. The molecule has 1 fully saturated rings.